The van der Waals surface area contributed by atoms with Gasteiger partial charge in [-0.15, -0.1) is 0 Å². The van der Waals surface area contributed by atoms with Crippen molar-refractivity contribution < 1.29 is 9.59 Å². The molecule has 3 rings (SSSR count). The van der Waals surface area contributed by atoms with Crippen LogP contribution in [0.2, 0.25) is 0 Å². The van der Waals surface area contributed by atoms with Crippen molar-refractivity contribution >= 4 is 11.8 Å². The van der Waals surface area contributed by atoms with Crippen molar-refractivity contribution in [3.63, 3.8) is 0 Å². The number of carbonyl (C=O) groups is 2. The standard InChI is InChI=1S/C21H32N4O2/c26-20(17-15-25(16-17)21(27)19-14-22-12-13-23-19)24-18-10-8-6-4-2-1-3-5-7-9-11-18/h12-14,17-18H,1-11,15-16H2,(H,24,26). The Hall–Kier alpha value is -1.98. The maximum Gasteiger partial charge on any atom is 0.274 e. The zero-order chi connectivity index (χ0) is 18.9. The van der Waals surface area contributed by atoms with Crippen LogP contribution in [0, 0.1) is 5.92 Å². The molecule has 1 N–H and O–H groups in total. The summed E-state index contributed by atoms with van der Waals surface area (Å²) in [6.45, 7) is 0.960. The summed E-state index contributed by atoms with van der Waals surface area (Å²) in [5.41, 5.74) is 0.343. The van der Waals surface area contributed by atoms with Crippen molar-refractivity contribution in [3.05, 3.63) is 24.3 Å². The van der Waals surface area contributed by atoms with Crippen LogP contribution >= 0.6 is 0 Å². The van der Waals surface area contributed by atoms with E-state index < -0.39 is 0 Å². The predicted molar refractivity (Wildman–Crippen MR) is 104 cm³/mol. The third kappa shape index (κ3) is 6.01. The average molecular weight is 373 g/mol. The lowest BCUT2D eigenvalue weighted by molar-refractivity contribution is -0.129. The Bertz CT molecular complexity index is 589. The van der Waals surface area contributed by atoms with Gasteiger partial charge in [-0.3, -0.25) is 14.6 Å². The van der Waals surface area contributed by atoms with Gasteiger partial charge in [0.15, 0.2) is 0 Å². The molecule has 27 heavy (non-hydrogen) atoms. The number of aromatic nitrogens is 2. The molecule has 2 amide bonds. The topological polar surface area (TPSA) is 75.2 Å². The predicted octanol–water partition coefficient (Wildman–Crippen LogP) is 3.34. The van der Waals surface area contributed by atoms with Gasteiger partial charge in [0.25, 0.3) is 5.91 Å². The average Bonchev–Trinajstić information content (AvgIpc) is 2.63. The van der Waals surface area contributed by atoms with E-state index in [1.807, 2.05) is 0 Å². The molecule has 148 valence electrons. The first kappa shape index (κ1) is 19.8. The van der Waals surface area contributed by atoms with Crippen molar-refractivity contribution in [3.8, 4) is 0 Å². The summed E-state index contributed by atoms with van der Waals surface area (Å²) in [6, 6.07) is 0.293. The summed E-state index contributed by atoms with van der Waals surface area (Å²) < 4.78 is 0. The first-order valence-corrected chi connectivity index (χ1v) is 10.6. The zero-order valence-electron chi connectivity index (χ0n) is 16.2. The molecule has 1 aliphatic heterocycles. The van der Waals surface area contributed by atoms with Gasteiger partial charge in [0.1, 0.15) is 5.69 Å². The molecule has 0 radical (unpaired) electrons. The van der Waals surface area contributed by atoms with Crippen LogP contribution in [0.15, 0.2) is 18.6 Å². The van der Waals surface area contributed by atoms with Crippen LogP contribution < -0.4 is 5.32 Å². The Morgan fingerprint density at radius 3 is 2.04 bits per heavy atom. The monoisotopic (exact) mass is 372 g/mol. The quantitative estimate of drug-likeness (QED) is 0.883. The molecule has 2 heterocycles. The number of amides is 2. The molecule has 0 aromatic carbocycles. The lowest BCUT2D eigenvalue weighted by Gasteiger charge is -2.38. The van der Waals surface area contributed by atoms with Crippen LogP contribution in [0.4, 0.5) is 0 Å². The molecule has 0 atom stereocenters. The Morgan fingerprint density at radius 1 is 0.889 bits per heavy atom. The highest BCUT2D eigenvalue weighted by Crippen LogP contribution is 2.20. The lowest BCUT2D eigenvalue weighted by atomic mass is 9.95. The van der Waals surface area contributed by atoms with E-state index in [0.29, 0.717) is 24.8 Å². The molecule has 0 unspecified atom stereocenters. The molecular formula is C21H32N4O2. The summed E-state index contributed by atoms with van der Waals surface area (Å²) in [6.07, 6.45) is 18.4. The Kier molecular flexibility index (Phi) is 7.60. The molecular weight excluding hydrogens is 340 g/mol. The van der Waals surface area contributed by atoms with E-state index in [-0.39, 0.29) is 17.7 Å². The van der Waals surface area contributed by atoms with Crippen LogP contribution in [0.1, 0.15) is 81.1 Å². The molecule has 0 spiro atoms. The second-order valence-electron chi connectivity index (χ2n) is 7.96. The maximum atomic E-state index is 12.6. The van der Waals surface area contributed by atoms with Crippen LogP contribution in [-0.2, 0) is 4.79 Å². The summed E-state index contributed by atoms with van der Waals surface area (Å²) in [7, 11) is 0. The van der Waals surface area contributed by atoms with Gasteiger partial charge < -0.3 is 10.2 Å². The van der Waals surface area contributed by atoms with E-state index in [0.717, 1.165) is 12.8 Å². The van der Waals surface area contributed by atoms with Crippen molar-refractivity contribution in [1.29, 1.82) is 0 Å². The number of hydrogen-bond acceptors (Lipinski definition) is 4. The van der Waals surface area contributed by atoms with Crippen LogP contribution in [-0.4, -0.2) is 45.8 Å². The molecule has 1 saturated carbocycles. The fourth-order valence-corrected chi connectivity index (χ4v) is 4.01. The summed E-state index contributed by atoms with van der Waals surface area (Å²) >= 11 is 0. The molecule has 1 aromatic rings. The van der Waals surface area contributed by atoms with E-state index in [1.54, 1.807) is 11.1 Å². The van der Waals surface area contributed by atoms with Gasteiger partial charge >= 0.3 is 0 Å². The highest BCUT2D eigenvalue weighted by atomic mass is 16.2. The molecule has 0 bridgehead atoms. The van der Waals surface area contributed by atoms with Gasteiger partial charge in [-0.25, -0.2) is 4.98 Å². The number of nitrogens with one attached hydrogen (secondary N) is 1. The van der Waals surface area contributed by atoms with Gasteiger partial charge in [0.2, 0.25) is 5.91 Å². The highest BCUT2D eigenvalue weighted by Gasteiger charge is 2.37. The van der Waals surface area contributed by atoms with Gasteiger partial charge in [-0.05, 0) is 12.8 Å². The van der Waals surface area contributed by atoms with Crippen LogP contribution in [0.3, 0.4) is 0 Å². The number of likely N-dealkylation sites (tertiary alicyclic amines) is 1. The normalized spacial score (nSPS) is 20.8. The van der Waals surface area contributed by atoms with Crippen molar-refractivity contribution in [2.45, 2.75) is 76.7 Å². The minimum atomic E-state index is -0.141. The Labute approximate surface area is 162 Å². The molecule has 2 fully saturated rings. The fourth-order valence-electron chi connectivity index (χ4n) is 4.01. The number of hydrogen-bond donors (Lipinski definition) is 1. The van der Waals surface area contributed by atoms with E-state index in [4.69, 9.17) is 0 Å². The molecule has 1 aromatic heterocycles. The molecule has 6 nitrogen and oxygen atoms in total. The third-order valence-electron chi connectivity index (χ3n) is 5.77. The summed E-state index contributed by atoms with van der Waals surface area (Å²) in [5.74, 6) is -0.125. The first-order chi connectivity index (χ1) is 13.2. The van der Waals surface area contributed by atoms with E-state index in [1.165, 1.54) is 70.2 Å². The van der Waals surface area contributed by atoms with Crippen molar-refractivity contribution in [2.24, 2.45) is 5.92 Å². The van der Waals surface area contributed by atoms with Crippen LogP contribution in [0.5, 0.6) is 0 Å². The number of rotatable bonds is 3. The Balaban J connectivity index is 1.43. The van der Waals surface area contributed by atoms with Gasteiger partial charge in [-0.2, -0.15) is 0 Å². The van der Waals surface area contributed by atoms with E-state index in [9.17, 15) is 9.59 Å². The van der Waals surface area contributed by atoms with Gasteiger partial charge in [0, 0.05) is 31.5 Å². The van der Waals surface area contributed by atoms with Gasteiger partial charge in [0.05, 0.1) is 12.1 Å². The number of nitrogens with zero attached hydrogens (tertiary/aromatic N) is 3. The molecule has 1 saturated heterocycles. The van der Waals surface area contributed by atoms with Crippen molar-refractivity contribution in [2.75, 3.05) is 13.1 Å². The first-order valence-electron chi connectivity index (χ1n) is 10.6. The minimum Gasteiger partial charge on any atom is -0.353 e. The second kappa shape index (κ2) is 10.4. The van der Waals surface area contributed by atoms with Crippen LogP contribution in [0.25, 0.3) is 0 Å². The van der Waals surface area contributed by atoms with Gasteiger partial charge in [-0.1, -0.05) is 57.8 Å². The smallest absolute Gasteiger partial charge is 0.274 e. The maximum absolute atomic E-state index is 12.6. The molecule has 1 aliphatic carbocycles. The van der Waals surface area contributed by atoms with Crippen molar-refractivity contribution in [1.82, 2.24) is 20.2 Å². The number of carbonyl (C=O) groups excluding carboxylic acids is 2. The zero-order valence-corrected chi connectivity index (χ0v) is 16.2. The molecule has 6 heteroatoms. The Morgan fingerprint density at radius 2 is 1.48 bits per heavy atom. The largest absolute Gasteiger partial charge is 0.353 e. The third-order valence-corrected chi connectivity index (χ3v) is 5.77. The summed E-state index contributed by atoms with van der Waals surface area (Å²) in [4.78, 5) is 34.5. The SMILES string of the molecule is O=C(NC1CCCCCCCCCCC1)C1CN(C(=O)c2cnccn2)C1. The minimum absolute atomic E-state index is 0.0907. The fraction of sp³-hybridized carbons (Fsp3) is 0.714. The summed E-state index contributed by atoms with van der Waals surface area (Å²) in [5, 5.41) is 3.27. The second-order valence-corrected chi connectivity index (χ2v) is 7.96. The lowest BCUT2D eigenvalue weighted by Crippen LogP contribution is -2.57. The van der Waals surface area contributed by atoms with E-state index >= 15 is 0 Å². The molecule has 2 aliphatic rings. The highest BCUT2D eigenvalue weighted by molar-refractivity contribution is 5.94. The van der Waals surface area contributed by atoms with E-state index in [2.05, 4.69) is 15.3 Å².